The molecule has 0 radical (unpaired) electrons. The summed E-state index contributed by atoms with van der Waals surface area (Å²) in [7, 11) is -1.79. The van der Waals surface area contributed by atoms with Gasteiger partial charge in [-0.15, -0.1) is 5.92 Å². The van der Waals surface area contributed by atoms with Crippen LogP contribution in [0.4, 0.5) is 0 Å². The molecule has 0 spiro atoms. The van der Waals surface area contributed by atoms with Crippen molar-refractivity contribution in [3.63, 3.8) is 0 Å². The topological polar surface area (TPSA) is 27.1 Å². The third-order valence-corrected chi connectivity index (χ3v) is 9.44. The molecule has 1 heterocycles. The fraction of sp³-hybridized carbons (Fsp3) is 0.550. The quantitative estimate of drug-likeness (QED) is 0.541. The maximum atomic E-state index is 6.43. The van der Waals surface area contributed by atoms with E-state index in [4.69, 9.17) is 4.43 Å². The van der Waals surface area contributed by atoms with E-state index in [9.17, 15) is 0 Å². The van der Waals surface area contributed by atoms with Gasteiger partial charge in [0.1, 0.15) is 0 Å². The monoisotopic (exact) mass is 342 g/mol. The summed E-state index contributed by atoms with van der Waals surface area (Å²) in [5.74, 6) is 6.25. The van der Waals surface area contributed by atoms with Gasteiger partial charge < -0.3 is 4.43 Å². The van der Waals surface area contributed by atoms with Crippen LogP contribution in [-0.4, -0.2) is 18.1 Å². The van der Waals surface area contributed by atoms with Gasteiger partial charge >= 0.3 is 0 Å². The molecule has 1 aromatic heterocycles. The van der Waals surface area contributed by atoms with Crippen molar-refractivity contribution in [1.82, 2.24) is 9.78 Å². The maximum Gasteiger partial charge on any atom is 0.192 e. The van der Waals surface area contributed by atoms with Gasteiger partial charge in [-0.3, -0.25) is 4.68 Å². The van der Waals surface area contributed by atoms with Gasteiger partial charge in [-0.1, -0.05) is 26.7 Å². The summed E-state index contributed by atoms with van der Waals surface area (Å²) in [4.78, 5) is 0. The van der Waals surface area contributed by atoms with Crippen LogP contribution in [-0.2, 0) is 11.0 Å². The van der Waals surface area contributed by atoms with Crippen LogP contribution in [0.5, 0.6) is 0 Å². The highest BCUT2D eigenvalue weighted by Crippen LogP contribution is 2.37. The molecule has 2 aromatic rings. The molecule has 0 atom stereocenters. The second-order valence-electron chi connectivity index (χ2n) is 8.18. The van der Waals surface area contributed by atoms with Gasteiger partial charge in [-0.2, -0.15) is 5.10 Å². The second kappa shape index (κ2) is 6.74. The Hall–Kier alpha value is -1.57. The molecular formula is C20H30N2OSi. The number of hydrogen-bond donors (Lipinski definition) is 0. The van der Waals surface area contributed by atoms with Crippen LogP contribution in [0.3, 0.4) is 0 Å². The van der Waals surface area contributed by atoms with Crippen molar-refractivity contribution in [1.29, 1.82) is 0 Å². The summed E-state index contributed by atoms with van der Waals surface area (Å²) in [5, 5.41) is 5.86. The van der Waals surface area contributed by atoms with Gasteiger partial charge in [0.25, 0.3) is 0 Å². The van der Waals surface area contributed by atoms with Crippen LogP contribution in [0.25, 0.3) is 10.9 Å². The van der Waals surface area contributed by atoms with E-state index in [0.717, 1.165) is 22.0 Å². The highest BCUT2D eigenvalue weighted by molar-refractivity contribution is 6.74. The molecule has 0 aliphatic carbocycles. The lowest BCUT2D eigenvalue weighted by Crippen LogP contribution is -2.40. The fourth-order valence-electron chi connectivity index (χ4n) is 2.39. The van der Waals surface area contributed by atoms with Gasteiger partial charge in [0, 0.05) is 17.0 Å². The number of aromatic nitrogens is 2. The second-order valence-corrected chi connectivity index (χ2v) is 13.0. The average molecular weight is 343 g/mol. The smallest absolute Gasteiger partial charge is 0.192 e. The first kappa shape index (κ1) is 18.8. The minimum atomic E-state index is -1.79. The van der Waals surface area contributed by atoms with E-state index in [0.29, 0.717) is 12.6 Å². The minimum Gasteiger partial charge on any atom is -0.413 e. The lowest BCUT2D eigenvalue weighted by Gasteiger charge is -2.36. The number of fused-ring (bicyclic) bond motifs is 1. The maximum absolute atomic E-state index is 6.43. The van der Waals surface area contributed by atoms with Crippen molar-refractivity contribution >= 4 is 19.2 Å². The third kappa shape index (κ3) is 3.74. The number of benzene rings is 1. The van der Waals surface area contributed by atoms with Gasteiger partial charge in [0.15, 0.2) is 8.32 Å². The van der Waals surface area contributed by atoms with E-state index in [-0.39, 0.29) is 5.04 Å². The van der Waals surface area contributed by atoms with Crippen LogP contribution < -0.4 is 0 Å². The molecule has 0 saturated heterocycles. The van der Waals surface area contributed by atoms with Crippen molar-refractivity contribution in [3.8, 4) is 11.8 Å². The molecule has 0 unspecified atom stereocenters. The van der Waals surface area contributed by atoms with Crippen LogP contribution in [0.15, 0.2) is 18.3 Å². The van der Waals surface area contributed by atoms with Gasteiger partial charge in [0.05, 0.1) is 18.3 Å². The molecule has 0 fully saturated rings. The Morgan fingerprint density at radius 1 is 1.25 bits per heavy atom. The van der Waals surface area contributed by atoms with Crippen molar-refractivity contribution in [3.05, 3.63) is 29.5 Å². The summed E-state index contributed by atoms with van der Waals surface area (Å²) >= 11 is 0. The van der Waals surface area contributed by atoms with E-state index in [1.54, 1.807) is 0 Å². The molecule has 2 rings (SSSR count). The first-order chi connectivity index (χ1) is 11.1. The standard InChI is InChI=1S/C20H30N2OSi/c1-9-10-16-11-17-13-21-22(15(2)3)19(17)12-18(16)14-23-24(7,8)20(4,5)6/h11-13,15H,14H2,1-8H3. The molecule has 3 nitrogen and oxygen atoms in total. The largest absolute Gasteiger partial charge is 0.413 e. The zero-order chi connectivity index (χ0) is 18.1. The molecule has 1 aromatic carbocycles. The Bertz CT molecular complexity index is 786. The molecule has 4 heteroatoms. The lowest BCUT2D eigenvalue weighted by molar-refractivity contribution is 0.276. The first-order valence-electron chi connectivity index (χ1n) is 8.63. The summed E-state index contributed by atoms with van der Waals surface area (Å²) < 4.78 is 8.50. The Morgan fingerprint density at radius 2 is 1.92 bits per heavy atom. The summed E-state index contributed by atoms with van der Waals surface area (Å²) in [6.07, 6.45) is 1.93. The van der Waals surface area contributed by atoms with Gasteiger partial charge in [-0.05, 0) is 56.6 Å². The summed E-state index contributed by atoms with van der Waals surface area (Å²) in [6.45, 7) is 18.2. The predicted molar refractivity (Wildman–Crippen MR) is 105 cm³/mol. The molecule has 0 bridgehead atoms. The normalized spacial score (nSPS) is 12.5. The Labute approximate surface area is 147 Å². The minimum absolute atomic E-state index is 0.202. The molecule has 0 amide bonds. The number of rotatable bonds is 4. The molecule has 0 saturated carbocycles. The molecule has 0 aliphatic heterocycles. The fourth-order valence-corrected chi connectivity index (χ4v) is 3.34. The molecular weight excluding hydrogens is 312 g/mol. The van der Waals surface area contributed by atoms with Crippen LogP contribution >= 0.6 is 0 Å². The molecule has 0 aliphatic rings. The molecule has 24 heavy (non-hydrogen) atoms. The van der Waals surface area contributed by atoms with Crippen molar-refractivity contribution in [2.45, 2.75) is 72.3 Å². The van der Waals surface area contributed by atoms with E-state index in [2.05, 4.69) is 81.5 Å². The first-order valence-corrected chi connectivity index (χ1v) is 11.5. The third-order valence-electron chi connectivity index (χ3n) is 4.96. The van der Waals surface area contributed by atoms with E-state index >= 15 is 0 Å². The van der Waals surface area contributed by atoms with E-state index in [1.807, 2.05) is 13.1 Å². The molecule has 0 N–H and O–H groups in total. The zero-order valence-corrected chi connectivity index (χ0v) is 17.3. The van der Waals surface area contributed by atoms with Crippen LogP contribution in [0, 0.1) is 11.8 Å². The highest BCUT2D eigenvalue weighted by atomic mass is 28.4. The van der Waals surface area contributed by atoms with Crippen LogP contribution in [0.2, 0.25) is 18.1 Å². The molecule has 130 valence electrons. The van der Waals surface area contributed by atoms with Gasteiger partial charge in [0.2, 0.25) is 0 Å². The van der Waals surface area contributed by atoms with E-state index < -0.39 is 8.32 Å². The summed E-state index contributed by atoms with van der Waals surface area (Å²) in [5.41, 5.74) is 3.36. The zero-order valence-electron chi connectivity index (χ0n) is 16.3. The van der Waals surface area contributed by atoms with Crippen molar-refractivity contribution in [2.75, 3.05) is 0 Å². The Balaban J connectivity index is 2.44. The SMILES string of the molecule is CC#Cc1cc2cnn(C(C)C)c2cc1CO[Si](C)(C)C(C)(C)C. The van der Waals surface area contributed by atoms with Gasteiger partial charge in [-0.25, -0.2) is 0 Å². The van der Waals surface area contributed by atoms with Crippen LogP contribution in [0.1, 0.15) is 58.7 Å². The highest BCUT2D eigenvalue weighted by Gasteiger charge is 2.37. The Morgan fingerprint density at radius 3 is 2.46 bits per heavy atom. The average Bonchev–Trinajstić information content (AvgIpc) is 2.86. The van der Waals surface area contributed by atoms with Crippen molar-refractivity contribution < 1.29 is 4.43 Å². The lowest BCUT2D eigenvalue weighted by atomic mass is 10.1. The number of hydrogen-bond acceptors (Lipinski definition) is 2. The Kier molecular flexibility index (Phi) is 5.27. The predicted octanol–water partition coefficient (Wildman–Crippen LogP) is 5.51. The van der Waals surface area contributed by atoms with Crippen molar-refractivity contribution in [2.24, 2.45) is 0 Å². The number of nitrogens with zero attached hydrogens (tertiary/aromatic N) is 2. The summed E-state index contributed by atoms with van der Waals surface area (Å²) in [6, 6.07) is 4.68. The van der Waals surface area contributed by atoms with E-state index in [1.165, 1.54) is 0 Å².